The number of rotatable bonds is 10. The molecule has 2 heterocycles. The highest BCUT2D eigenvalue weighted by atomic mass is 15.3. The first-order valence-electron chi connectivity index (χ1n) is 14.3. The minimum atomic E-state index is -0.117. The van der Waals surface area contributed by atoms with E-state index in [4.69, 9.17) is 4.98 Å². The van der Waals surface area contributed by atoms with Crippen molar-refractivity contribution in [3.05, 3.63) is 114 Å². The van der Waals surface area contributed by atoms with Gasteiger partial charge in [0.1, 0.15) is 5.82 Å². The monoisotopic (exact) mass is 506 g/mol. The summed E-state index contributed by atoms with van der Waals surface area (Å²) in [6.45, 7) is 11.2. The Morgan fingerprint density at radius 1 is 0.816 bits per heavy atom. The highest BCUT2D eigenvalue weighted by Crippen LogP contribution is 2.43. The Morgan fingerprint density at radius 2 is 1.37 bits per heavy atom. The molecular weight excluding hydrogens is 464 g/mol. The molecule has 4 heteroatoms. The number of aromatic nitrogens is 2. The van der Waals surface area contributed by atoms with Gasteiger partial charge in [-0.2, -0.15) is 0 Å². The van der Waals surface area contributed by atoms with Gasteiger partial charge in [-0.1, -0.05) is 111 Å². The van der Waals surface area contributed by atoms with Gasteiger partial charge in [0.05, 0.1) is 11.2 Å². The van der Waals surface area contributed by atoms with Crippen LogP contribution in [0.2, 0.25) is 0 Å². The van der Waals surface area contributed by atoms with Crippen LogP contribution in [0.4, 0.5) is 0 Å². The number of hydrogen-bond acceptors (Lipinski definition) is 3. The molecule has 0 saturated carbocycles. The van der Waals surface area contributed by atoms with E-state index in [0.717, 1.165) is 56.8 Å². The number of aromatic amines is 1. The molecule has 5 rings (SSSR count). The van der Waals surface area contributed by atoms with Gasteiger partial charge in [-0.25, -0.2) is 4.98 Å². The standard InChI is InChI=1S/C34H42N4/c1-26(2)34(38-24-22-35-23-25-38,32-27(3)36-33(37-32)30-18-11-6-12-19-30)21-13-20-31(28-14-7-4-8-15-28)29-16-9-5-10-17-29/h4-12,14-19,26,31,35H,13,20-25H2,1-3H3,(H,36,37). The van der Waals surface area contributed by atoms with Crippen molar-refractivity contribution in [1.82, 2.24) is 20.2 Å². The van der Waals surface area contributed by atoms with E-state index < -0.39 is 0 Å². The van der Waals surface area contributed by atoms with Crippen molar-refractivity contribution >= 4 is 0 Å². The van der Waals surface area contributed by atoms with Crippen molar-refractivity contribution in [2.24, 2.45) is 5.92 Å². The smallest absolute Gasteiger partial charge is 0.137 e. The molecule has 1 atom stereocenters. The van der Waals surface area contributed by atoms with Crippen molar-refractivity contribution in [3.63, 3.8) is 0 Å². The summed E-state index contributed by atoms with van der Waals surface area (Å²) in [7, 11) is 0. The molecule has 1 saturated heterocycles. The van der Waals surface area contributed by atoms with Gasteiger partial charge in [0.15, 0.2) is 0 Å². The van der Waals surface area contributed by atoms with Gasteiger partial charge in [0.25, 0.3) is 0 Å². The van der Waals surface area contributed by atoms with Crippen molar-refractivity contribution in [3.8, 4) is 11.4 Å². The second kappa shape index (κ2) is 12.1. The van der Waals surface area contributed by atoms with Crippen molar-refractivity contribution < 1.29 is 0 Å². The maximum atomic E-state index is 5.35. The first-order chi connectivity index (χ1) is 18.6. The number of benzene rings is 3. The number of aryl methyl sites for hydroxylation is 1. The van der Waals surface area contributed by atoms with E-state index in [2.05, 4.69) is 127 Å². The van der Waals surface area contributed by atoms with Crippen molar-refractivity contribution in [2.45, 2.75) is 51.5 Å². The molecule has 4 aromatic rings. The molecule has 1 fully saturated rings. The Balaban J connectivity index is 1.49. The molecule has 4 nitrogen and oxygen atoms in total. The SMILES string of the molecule is Cc1[nH]c(-c2ccccc2)nc1C(CCCC(c1ccccc1)c1ccccc1)(C(C)C)N1CCNCC1. The zero-order chi connectivity index (χ0) is 26.4. The average molecular weight is 507 g/mol. The summed E-state index contributed by atoms with van der Waals surface area (Å²) in [6.07, 6.45) is 3.33. The molecular formula is C34H42N4. The minimum Gasteiger partial charge on any atom is -0.342 e. The Labute approximate surface area is 228 Å². The van der Waals surface area contributed by atoms with Crippen molar-refractivity contribution in [2.75, 3.05) is 26.2 Å². The van der Waals surface area contributed by atoms with Crippen LogP contribution in [-0.4, -0.2) is 41.0 Å². The maximum absolute atomic E-state index is 5.35. The quantitative estimate of drug-likeness (QED) is 0.240. The van der Waals surface area contributed by atoms with E-state index in [1.165, 1.54) is 22.5 Å². The first kappa shape index (κ1) is 26.4. The molecule has 0 radical (unpaired) electrons. The topological polar surface area (TPSA) is 44.0 Å². The maximum Gasteiger partial charge on any atom is 0.137 e. The Morgan fingerprint density at radius 3 is 1.92 bits per heavy atom. The molecule has 38 heavy (non-hydrogen) atoms. The normalized spacial score (nSPS) is 16.1. The van der Waals surface area contributed by atoms with Crippen LogP contribution in [0.5, 0.6) is 0 Å². The molecule has 1 aliphatic rings. The zero-order valence-corrected chi connectivity index (χ0v) is 23.2. The Kier molecular flexibility index (Phi) is 8.41. The number of nitrogens with zero attached hydrogens (tertiary/aromatic N) is 2. The van der Waals surface area contributed by atoms with Crippen LogP contribution in [0.15, 0.2) is 91.0 Å². The molecule has 0 aliphatic carbocycles. The molecule has 198 valence electrons. The number of piperazine rings is 1. The fraction of sp³-hybridized carbons (Fsp3) is 0.382. The van der Waals surface area contributed by atoms with Gasteiger partial charge in [0.2, 0.25) is 0 Å². The van der Waals surface area contributed by atoms with Crippen molar-refractivity contribution in [1.29, 1.82) is 0 Å². The summed E-state index contributed by atoms with van der Waals surface area (Å²) < 4.78 is 0. The molecule has 0 spiro atoms. The number of hydrogen-bond donors (Lipinski definition) is 2. The van der Waals surface area contributed by atoms with Gasteiger partial charge in [0, 0.05) is 43.4 Å². The van der Waals surface area contributed by atoms with Crippen LogP contribution in [0.25, 0.3) is 11.4 Å². The molecule has 1 aliphatic heterocycles. The third kappa shape index (κ3) is 5.48. The van der Waals surface area contributed by atoms with Crippen LogP contribution in [0.1, 0.15) is 61.5 Å². The molecule has 1 aromatic heterocycles. The van der Waals surface area contributed by atoms with E-state index in [1.807, 2.05) is 0 Å². The second-order valence-corrected chi connectivity index (χ2v) is 11.0. The predicted molar refractivity (Wildman–Crippen MR) is 158 cm³/mol. The fourth-order valence-corrected chi connectivity index (χ4v) is 6.50. The summed E-state index contributed by atoms with van der Waals surface area (Å²) >= 11 is 0. The lowest BCUT2D eigenvalue weighted by molar-refractivity contribution is 0.0154. The Bertz CT molecular complexity index is 1220. The van der Waals surface area contributed by atoms with E-state index >= 15 is 0 Å². The summed E-state index contributed by atoms with van der Waals surface area (Å²) in [6, 6.07) is 32.6. The summed E-state index contributed by atoms with van der Waals surface area (Å²) in [5.74, 6) is 1.80. The van der Waals surface area contributed by atoms with Gasteiger partial charge < -0.3 is 10.3 Å². The molecule has 0 bridgehead atoms. The number of nitrogens with one attached hydrogen (secondary N) is 2. The van der Waals surface area contributed by atoms with Crippen LogP contribution < -0.4 is 5.32 Å². The largest absolute Gasteiger partial charge is 0.342 e. The van der Waals surface area contributed by atoms with Crippen LogP contribution in [0, 0.1) is 12.8 Å². The molecule has 3 aromatic carbocycles. The molecule has 1 unspecified atom stereocenters. The summed E-state index contributed by atoms with van der Waals surface area (Å²) in [4.78, 5) is 11.7. The first-order valence-corrected chi connectivity index (χ1v) is 14.3. The predicted octanol–water partition coefficient (Wildman–Crippen LogP) is 7.14. The lowest BCUT2D eigenvalue weighted by Crippen LogP contribution is -2.57. The van der Waals surface area contributed by atoms with Gasteiger partial charge >= 0.3 is 0 Å². The van der Waals surface area contributed by atoms with E-state index in [0.29, 0.717) is 11.8 Å². The number of H-pyrrole nitrogens is 1. The Hall–Kier alpha value is -3.21. The highest BCUT2D eigenvalue weighted by molar-refractivity contribution is 5.56. The third-order valence-corrected chi connectivity index (χ3v) is 8.43. The van der Waals surface area contributed by atoms with Crippen LogP contribution >= 0.6 is 0 Å². The molecule has 2 N–H and O–H groups in total. The van der Waals surface area contributed by atoms with Gasteiger partial charge in [-0.3, -0.25) is 4.90 Å². The lowest BCUT2D eigenvalue weighted by atomic mass is 9.75. The van der Waals surface area contributed by atoms with E-state index in [9.17, 15) is 0 Å². The van der Waals surface area contributed by atoms with Crippen LogP contribution in [0.3, 0.4) is 0 Å². The fourth-order valence-electron chi connectivity index (χ4n) is 6.50. The third-order valence-electron chi connectivity index (χ3n) is 8.43. The highest BCUT2D eigenvalue weighted by Gasteiger charge is 2.44. The molecule has 0 amide bonds. The van der Waals surface area contributed by atoms with E-state index in [-0.39, 0.29) is 5.54 Å². The minimum absolute atomic E-state index is 0.117. The van der Waals surface area contributed by atoms with Crippen LogP contribution in [-0.2, 0) is 5.54 Å². The zero-order valence-electron chi connectivity index (χ0n) is 23.2. The lowest BCUT2D eigenvalue weighted by Gasteiger charge is -2.48. The second-order valence-electron chi connectivity index (χ2n) is 11.0. The van der Waals surface area contributed by atoms with Gasteiger partial charge in [-0.05, 0) is 36.8 Å². The number of imidazole rings is 1. The van der Waals surface area contributed by atoms with E-state index in [1.54, 1.807) is 0 Å². The summed E-state index contributed by atoms with van der Waals surface area (Å²) in [5.41, 5.74) is 6.25. The average Bonchev–Trinajstić information content (AvgIpc) is 3.36. The summed E-state index contributed by atoms with van der Waals surface area (Å²) in [5, 5.41) is 3.57. The van der Waals surface area contributed by atoms with Gasteiger partial charge in [-0.15, -0.1) is 0 Å².